The third-order valence-electron chi connectivity index (χ3n) is 5.85. The molecule has 3 aromatic carbocycles. The molecule has 2 amide bonds. The van der Waals surface area contributed by atoms with E-state index in [-0.39, 0.29) is 22.8 Å². The first-order valence-corrected chi connectivity index (χ1v) is 14.2. The summed E-state index contributed by atoms with van der Waals surface area (Å²) in [6.07, 6.45) is 0. The molecule has 212 valence electrons. The van der Waals surface area contributed by atoms with Gasteiger partial charge in [-0.05, 0) is 63.6 Å². The second-order valence-corrected chi connectivity index (χ2v) is 12.5. The van der Waals surface area contributed by atoms with Gasteiger partial charge in [-0.15, -0.1) is 0 Å². The molecule has 0 radical (unpaired) electrons. The minimum atomic E-state index is -4.34. The minimum Gasteiger partial charge on any atom is -0.350 e. The average Bonchev–Trinajstić information content (AvgIpc) is 2.89. The number of carbonyl (C=O) groups excluding carboxylic acids is 2. The Morgan fingerprint density at radius 3 is 2.25 bits per heavy atom. The number of hydrogen-bond acceptors (Lipinski definition) is 6. The van der Waals surface area contributed by atoms with Gasteiger partial charge in [0, 0.05) is 29.2 Å². The molecule has 0 bridgehead atoms. The van der Waals surface area contributed by atoms with Crippen molar-refractivity contribution < 1.29 is 22.9 Å². The summed E-state index contributed by atoms with van der Waals surface area (Å²) in [4.78, 5) is 39.0. The summed E-state index contributed by atoms with van der Waals surface area (Å²) in [7, 11) is -4.34. The molecule has 0 aliphatic carbocycles. The van der Waals surface area contributed by atoms with Crippen LogP contribution in [0, 0.1) is 10.1 Å². The summed E-state index contributed by atoms with van der Waals surface area (Å²) in [5, 5.41) is 14.7. The van der Waals surface area contributed by atoms with Crippen LogP contribution in [0.15, 0.2) is 83.8 Å². The van der Waals surface area contributed by atoms with Crippen LogP contribution in [0.2, 0.25) is 5.02 Å². The van der Waals surface area contributed by atoms with E-state index in [1.807, 2.05) is 0 Å². The molecule has 3 aromatic rings. The molecule has 0 heterocycles. The van der Waals surface area contributed by atoms with Gasteiger partial charge in [-0.1, -0.05) is 48.0 Å². The monoisotopic (exact) mass is 586 g/mol. The van der Waals surface area contributed by atoms with Crippen molar-refractivity contribution >= 4 is 44.8 Å². The van der Waals surface area contributed by atoms with Gasteiger partial charge in [0.15, 0.2) is 0 Å². The molecular weight excluding hydrogens is 556 g/mol. The van der Waals surface area contributed by atoms with Gasteiger partial charge in [-0.2, -0.15) is 0 Å². The third-order valence-corrected chi connectivity index (χ3v) is 7.87. The van der Waals surface area contributed by atoms with Gasteiger partial charge in [-0.25, -0.2) is 8.42 Å². The normalized spacial score (nSPS) is 12.3. The number of non-ortho nitro benzene ring substituents is 1. The third kappa shape index (κ3) is 7.80. The number of anilines is 1. The lowest BCUT2D eigenvalue weighted by Crippen LogP contribution is -2.54. The highest BCUT2D eigenvalue weighted by Crippen LogP contribution is 2.27. The van der Waals surface area contributed by atoms with Crippen molar-refractivity contribution in [1.82, 2.24) is 10.2 Å². The van der Waals surface area contributed by atoms with E-state index in [1.54, 1.807) is 58.0 Å². The van der Waals surface area contributed by atoms with Gasteiger partial charge in [0.05, 0.1) is 15.5 Å². The highest BCUT2D eigenvalue weighted by Gasteiger charge is 2.33. The number of carbonyl (C=O) groups is 2. The smallest absolute Gasteiger partial charge is 0.271 e. The number of sulfonamides is 1. The molecule has 0 aromatic heterocycles. The predicted molar refractivity (Wildman–Crippen MR) is 153 cm³/mol. The van der Waals surface area contributed by atoms with Crippen molar-refractivity contribution in [3.63, 3.8) is 0 Å². The zero-order valence-corrected chi connectivity index (χ0v) is 24.1. The van der Waals surface area contributed by atoms with Crippen LogP contribution < -0.4 is 9.62 Å². The summed E-state index contributed by atoms with van der Waals surface area (Å²) < 4.78 is 28.3. The first kappa shape index (κ1) is 30.6. The highest BCUT2D eigenvalue weighted by molar-refractivity contribution is 7.92. The molecule has 0 saturated carbocycles. The van der Waals surface area contributed by atoms with Crippen LogP contribution in [0.25, 0.3) is 0 Å². The average molecular weight is 587 g/mol. The molecule has 3 rings (SSSR count). The Morgan fingerprint density at radius 1 is 1.00 bits per heavy atom. The number of halogens is 1. The van der Waals surface area contributed by atoms with Gasteiger partial charge < -0.3 is 10.2 Å². The Bertz CT molecular complexity index is 1490. The molecule has 12 heteroatoms. The second-order valence-electron chi connectivity index (χ2n) is 10.2. The molecule has 0 unspecified atom stereocenters. The SMILES string of the molecule is C[C@@H](C(=O)NC(C)(C)C)N(Cc1cccc(Cl)c1)C(=O)CN(c1cccc([N+](=O)[O-])c1)S(=O)(=O)c1ccccc1. The Balaban J connectivity index is 2.07. The number of nitrogens with zero attached hydrogens (tertiary/aromatic N) is 3. The molecule has 0 saturated heterocycles. The lowest BCUT2D eigenvalue weighted by molar-refractivity contribution is -0.384. The van der Waals surface area contributed by atoms with E-state index in [0.717, 1.165) is 10.4 Å². The van der Waals surface area contributed by atoms with Gasteiger partial charge in [-0.3, -0.25) is 24.0 Å². The van der Waals surface area contributed by atoms with Crippen LogP contribution >= 0.6 is 11.6 Å². The molecular formula is C28H31ClN4O6S. The fraction of sp³-hybridized carbons (Fsp3) is 0.286. The Hall–Kier alpha value is -3.96. The minimum absolute atomic E-state index is 0.0354. The molecule has 1 atom stereocenters. The lowest BCUT2D eigenvalue weighted by Gasteiger charge is -2.33. The fourth-order valence-electron chi connectivity index (χ4n) is 3.90. The number of benzene rings is 3. The number of nitro groups is 1. The molecule has 40 heavy (non-hydrogen) atoms. The van der Waals surface area contributed by atoms with Gasteiger partial charge in [0.25, 0.3) is 15.7 Å². The maximum absolute atomic E-state index is 13.9. The van der Waals surface area contributed by atoms with Crippen LogP contribution in [-0.4, -0.2) is 48.2 Å². The molecule has 10 nitrogen and oxygen atoms in total. The first-order chi connectivity index (χ1) is 18.7. The van der Waals surface area contributed by atoms with Gasteiger partial charge in [0.2, 0.25) is 11.8 Å². The van der Waals surface area contributed by atoms with Crippen LogP contribution in [0.3, 0.4) is 0 Å². The molecule has 0 spiro atoms. The van der Waals surface area contributed by atoms with Crippen molar-refractivity contribution in [2.75, 3.05) is 10.8 Å². The van der Waals surface area contributed by atoms with E-state index >= 15 is 0 Å². The van der Waals surface area contributed by atoms with E-state index < -0.39 is 44.9 Å². The predicted octanol–water partition coefficient (Wildman–Crippen LogP) is 4.78. The summed E-state index contributed by atoms with van der Waals surface area (Å²) >= 11 is 6.14. The Morgan fingerprint density at radius 2 is 1.65 bits per heavy atom. The van der Waals surface area contributed by atoms with Crippen molar-refractivity contribution in [2.45, 2.75) is 50.7 Å². The van der Waals surface area contributed by atoms with E-state index in [2.05, 4.69) is 5.32 Å². The number of hydrogen-bond donors (Lipinski definition) is 1. The zero-order valence-electron chi connectivity index (χ0n) is 22.6. The van der Waals surface area contributed by atoms with Gasteiger partial charge in [0.1, 0.15) is 12.6 Å². The van der Waals surface area contributed by atoms with Crippen LogP contribution in [0.4, 0.5) is 11.4 Å². The summed E-state index contributed by atoms with van der Waals surface area (Å²) in [5.74, 6) is -1.13. The van der Waals surface area contributed by atoms with Crippen LogP contribution in [0.5, 0.6) is 0 Å². The Labute approximate surface area is 238 Å². The van der Waals surface area contributed by atoms with E-state index in [4.69, 9.17) is 11.6 Å². The van der Waals surface area contributed by atoms with E-state index in [0.29, 0.717) is 10.6 Å². The summed E-state index contributed by atoms with van der Waals surface area (Å²) in [5.41, 5.74) is -0.362. The first-order valence-electron chi connectivity index (χ1n) is 12.4. The summed E-state index contributed by atoms with van der Waals surface area (Å²) in [6, 6.07) is 18.2. The molecule has 0 aliphatic rings. The fourth-order valence-corrected chi connectivity index (χ4v) is 5.54. The maximum Gasteiger partial charge on any atom is 0.271 e. The highest BCUT2D eigenvalue weighted by atomic mass is 35.5. The molecule has 1 N–H and O–H groups in total. The standard InChI is InChI=1S/C28H31ClN4O6S/c1-20(27(35)30-28(2,3)4)31(18-21-10-8-11-22(29)16-21)26(34)19-32(23-12-9-13-24(17-23)33(36)37)40(38,39)25-14-6-5-7-15-25/h5-17,20H,18-19H2,1-4H3,(H,30,35)/t20-/m0/s1. The zero-order chi connectivity index (χ0) is 29.7. The summed E-state index contributed by atoms with van der Waals surface area (Å²) in [6.45, 7) is 6.21. The van der Waals surface area contributed by atoms with Gasteiger partial charge >= 0.3 is 0 Å². The van der Waals surface area contributed by atoms with E-state index in [1.165, 1.54) is 47.4 Å². The number of rotatable bonds is 10. The van der Waals surface area contributed by atoms with E-state index in [9.17, 15) is 28.1 Å². The quantitative estimate of drug-likeness (QED) is 0.269. The number of amides is 2. The second kappa shape index (κ2) is 12.5. The van der Waals surface area contributed by atoms with Crippen molar-refractivity contribution in [2.24, 2.45) is 0 Å². The van der Waals surface area contributed by atoms with Crippen molar-refractivity contribution in [3.8, 4) is 0 Å². The van der Waals surface area contributed by atoms with Crippen LogP contribution in [-0.2, 0) is 26.2 Å². The Kier molecular flexibility index (Phi) is 9.54. The largest absolute Gasteiger partial charge is 0.350 e. The molecule has 0 fully saturated rings. The number of nitro benzene ring substituents is 1. The van der Waals surface area contributed by atoms with Crippen LogP contribution in [0.1, 0.15) is 33.3 Å². The lowest BCUT2D eigenvalue weighted by atomic mass is 10.1. The van der Waals surface area contributed by atoms with Crippen molar-refractivity contribution in [3.05, 3.63) is 99.6 Å². The number of nitrogens with one attached hydrogen (secondary N) is 1. The van der Waals surface area contributed by atoms with Crippen molar-refractivity contribution in [1.29, 1.82) is 0 Å². The topological polar surface area (TPSA) is 130 Å². The molecule has 0 aliphatic heterocycles. The maximum atomic E-state index is 13.9.